The number of morpholine rings is 1. The lowest BCUT2D eigenvalue weighted by Gasteiger charge is -2.32. The molecular weight excluding hydrogens is 300 g/mol. The van der Waals surface area contributed by atoms with Crippen LogP contribution in [0, 0.1) is 0 Å². The monoisotopic (exact) mass is 318 g/mol. The molecule has 1 amide bonds. The van der Waals surface area contributed by atoms with Gasteiger partial charge in [-0.2, -0.15) is 4.31 Å². The van der Waals surface area contributed by atoms with Crippen LogP contribution < -0.4 is 5.32 Å². The van der Waals surface area contributed by atoms with E-state index in [4.69, 9.17) is 4.74 Å². The molecule has 1 fully saturated rings. The van der Waals surface area contributed by atoms with Crippen LogP contribution in [-0.2, 0) is 14.8 Å². The molecule has 1 aromatic rings. The molecule has 6 nitrogen and oxygen atoms in total. The summed E-state index contributed by atoms with van der Waals surface area (Å²) in [4.78, 5) is 12.3. The molecule has 0 radical (unpaired) electrons. The normalized spacial score (nSPS) is 20.8. The third-order valence-corrected chi connectivity index (χ3v) is 5.90. The molecule has 0 aromatic carbocycles. The summed E-state index contributed by atoms with van der Waals surface area (Å²) in [6.45, 7) is 3.15. The van der Waals surface area contributed by atoms with E-state index < -0.39 is 10.0 Å². The second-order valence-electron chi connectivity index (χ2n) is 4.58. The number of carbonyl (C=O) groups is 1. The quantitative estimate of drug-likeness (QED) is 0.859. The number of hydrogen-bond acceptors (Lipinski definition) is 5. The van der Waals surface area contributed by atoms with Crippen LogP contribution in [0.25, 0.3) is 0 Å². The molecule has 0 saturated carbocycles. The Hall–Kier alpha value is -0.960. The molecule has 8 heteroatoms. The smallest absolute Gasteiger partial charge is 0.261 e. The van der Waals surface area contributed by atoms with Crippen LogP contribution >= 0.6 is 11.3 Å². The number of thiophene rings is 1. The summed E-state index contributed by atoms with van der Waals surface area (Å²) in [5, 5.41) is 4.44. The van der Waals surface area contributed by atoms with Gasteiger partial charge in [0.05, 0.1) is 23.8 Å². The minimum atomic E-state index is -3.35. The van der Waals surface area contributed by atoms with Gasteiger partial charge in [-0.25, -0.2) is 8.42 Å². The maximum atomic E-state index is 12.2. The van der Waals surface area contributed by atoms with Gasteiger partial charge in [0.1, 0.15) is 0 Å². The standard InChI is InChI=1S/C12H18N2O4S2/c1-10-9-18-6-5-14(10)20(16,17)8-4-13-12(15)11-3-2-7-19-11/h2-3,7,10H,4-6,8-9H2,1H3,(H,13,15). The van der Waals surface area contributed by atoms with Crippen molar-refractivity contribution in [2.75, 3.05) is 32.1 Å². The predicted molar refractivity (Wildman–Crippen MR) is 77.4 cm³/mol. The van der Waals surface area contributed by atoms with Crippen LogP contribution in [-0.4, -0.2) is 56.7 Å². The van der Waals surface area contributed by atoms with E-state index in [2.05, 4.69) is 5.32 Å². The Labute approximate surface area is 122 Å². The lowest BCUT2D eigenvalue weighted by Crippen LogP contribution is -2.49. The maximum absolute atomic E-state index is 12.2. The van der Waals surface area contributed by atoms with Gasteiger partial charge in [0.15, 0.2) is 0 Å². The maximum Gasteiger partial charge on any atom is 0.261 e. The number of ether oxygens (including phenoxy) is 1. The highest BCUT2D eigenvalue weighted by molar-refractivity contribution is 7.89. The van der Waals surface area contributed by atoms with Crippen LogP contribution in [0.3, 0.4) is 0 Å². The van der Waals surface area contributed by atoms with Crippen LogP contribution in [0.1, 0.15) is 16.6 Å². The van der Waals surface area contributed by atoms with Crippen molar-refractivity contribution in [1.29, 1.82) is 0 Å². The van der Waals surface area contributed by atoms with Gasteiger partial charge in [-0.1, -0.05) is 6.07 Å². The van der Waals surface area contributed by atoms with Crippen LogP contribution in [0.15, 0.2) is 17.5 Å². The highest BCUT2D eigenvalue weighted by atomic mass is 32.2. The molecule has 2 heterocycles. The highest BCUT2D eigenvalue weighted by Crippen LogP contribution is 2.12. The van der Waals surface area contributed by atoms with Crippen molar-refractivity contribution in [3.05, 3.63) is 22.4 Å². The number of rotatable bonds is 5. The SMILES string of the molecule is CC1COCCN1S(=O)(=O)CCNC(=O)c1cccs1. The van der Waals surface area contributed by atoms with E-state index in [0.717, 1.165) is 0 Å². The molecule has 1 saturated heterocycles. The summed E-state index contributed by atoms with van der Waals surface area (Å²) in [5.74, 6) is -0.320. The van der Waals surface area contributed by atoms with Crippen molar-refractivity contribution in [2.45, 2.75) is 13.0 Å². The molecule has 1 aliphatic heterocycles. The minimum absolute atomic E-state index is 0.0888. The fourth-order valence-corrected chi connectivity index (χ4v) is 4.23. The van der Waals surface area contributed by atoms with Gasteiger partial charge in [0, 0.05) is 19.1 Å². The average molecular weight is 318 g/mol. The predicted octanol–water partition coefficient (Wildman–Crippen LogP) is 0.528. The summed E-state index contributed by atoms with van der Waals surface area (Å²) in [5.41, 5.74) is 0. The van der Waals surface area contributed by atoms with Crippen LogP contribution in [0.5, 0.6) is 0 Å². The number of nitrogens with one attached hydrogen (secondary N) is 1. The van der Waals surface area contributed by atoms with E-state index in [1.807, 2.05) is 6.92 Å². The van der Waals surface area contributed by atoms with E-state index in [9.17, 15) is 13.2 Å². The summed E-state index contributed by atoms with van der Waals surface area (Å²) in [7, 11) is -3.35. The van der Waals surface area contributed by atoms with Crippen molar-refractivity contribution in [2.24, 2.45) is 0 Å². The zero-order chi connectivity index (χ0) is 14.6. The molecule has 0 aliphatic carbocycles. The van der Waals surface area contributed by atoms with Crippen LogP contribution in [0.2, 0.25) is 0 Å². The van der Waals surface area contributed by atoms with Crippen molar-refractivity contribution >= 4 is 27.3 Å². The Kier molecular flexibility index (Phi) is 5.14. The van der Waals surface area contributed by atoms with Crippen LogP contribution in [0.4, 0.5) is 0 Å². The molecule has 20 heavy (non-hydrogen) atoms. The second kappa shape index (κ2) is 6.66. The fourth-order valence-electron chi connectivity index (χ4n) is 2.03. The number of sulfonamides is 1. The topological polar surface area (TPSA) is 75.7 Å². The van der Waals surface area contributed by atoms with Gasteiger partial charge in [0.2, 0.25) is 10.0 Å². The van der Waals surface area contributed by atoms with E-state index >= 15 is 0 Å². The minimum Gasteiger partial charge on any atom is -0.378 e. The van der Waals surface area contributed by atoms with Crippen molar-refractivity contribution in [3.63, 3.8) is 0 Å². The lowest BCUT2D eigenvalue weighted by atomic mass is 10.3. The second-order valence-corrected chi connectivity index (χ2v) is 7.57. The molecule has 0 bridgehead atoms. The summed E-state index contributed by atoms with van der Waals surface area (Å²) in [6.07, 6.45) is 0. The Balaban J connectivity index is 1.85. The van der Waals surface area contributed by atoms with Gasteiger partial charge in [-0.05, 0) is 18.4 Å². The zero-order valence-electron chi connectivity index (χ0n) is 11.2. The summed E-state index contributed by atoms with van der Waals surface area (Å²) in [6, 6.07) is 3.34. The van der Waals surface area contributed by atoms with Gasteiger partial charge in [-0.3, -0.25) is 4.79 Å². The number of hydrogen-bond donors (Lipinski definition) is 1. The molecule has 1 unspecified atom stereocenters. The molecule has 112 valence electrons. The van der Waals surface area contributed by atoms with E-state index in [1.54, 1.807) is 17.5 Å². The highest BCUT2D eigenvalue weighted by Gasteiger charge is 2.29. The summed E-state index contributed by atoms with van der Waals surface area (Å²) >= 11 is 1.33. The molecule has 1 N–H and O–H groups in total. The third kappa shape index (κ3) is 3.78. The molecule has 2 rings (SSSR count). The molecule has 1 atom stereocenters. The van der Waals surface area contributed by atoms with Gasteiger partial charge in [-0.15, -0.1) is 11.3 Å². The Morgan fingerprint density at radius 2 is 2.40 bits per heavy atom. The Bertz CT molecular complexity index is 542. The van der Waals surface area contributed by atoms with Crippen molar-refractivity contribution in [1.82, 2.24) is 9.62 Å². The van der Waals surface area contributed by atoms with Crippen molar-refractivity contribution < 1.29 is 17.9 Å². The number of carbonyl (C=O) groups excluding carboxylic acids is 1. The fraction of sp³-hybridized carbons (Fsp3) is 0.583. The van der Waals surface area contributed by atoms with E-state index in [0.29, 0.717) is 24.6 Å². The Morgan fingerprint density at radius 1 is 1.60 bits per heavy atom. The number of nitrogens with zero attached hydrogens (tertiary/aromatic N) is 1. The van der Waals surface area contributed by atoms with E-state index in [1.165, 1.54) is 15.6 Å². The first-order valence-electron chi connectivity index (χ1n) is 6.39. The zero-order valence-corrected chi connectivity index (χ0v) is 12.9. The largest absolute Gasteiger partial charge is 0.378 e. The Morgan fingerprint density at radius 3 is 3.05 bits per heavy atom. The average Bonchev–Trinajstić information content (AvgIpc) is 2.92. The molecular formula is C12H18N2O4S2. The van der Waals surface area contributed by atoms with Gasteiger partial charge >= 0.3 is 0 Å². The first-order chi connectivity index (χ1) is 9.50. The first-order valence-corrected chi connectivity index (χ1v) is 8.88. The first kappa shape index (κ1) is 15.4. The number of amides is 1. The van der Waals surface area contributed by atoms with Gasteiger partial charge < -0.3 is 10.1 Å². The molecule has 1 aromatic heterocycles. The molecule has 1 aliphatic rings. The lowest BCUT2D eigenvalue weighted by molar-refractivity contribution is 0.0393. The molecule has 0 spiro atoms. The van der Waals surface area contributed by atoms with Gasteiger partial charge in [0.25, 0.3) is 5.91 Å². The van der Waals surface area contributed by atoms with Crippen molar-refractivity contribution in [3.8, 4) is 0 Å². The van der Waals surface area contributed by atoms with E-state index in [-0.39, 0.29) is 24.2 Å². The summed E-state index contributed by atoms with van der Waals surface area (Å²) < 4.78 is 31.0. The third-order valence-electron chi connectivity index (χ3n) is 3.05.